The van der Waals surface area contributed by atoms with Crippen LogP contribution in [0.1, 0.15) is 24.4 Å². The third-order valence-electron chi connectivity index (χ3n) is 3.95. The lowest BCUT2D eigenvalue weighted by Crippen LogP contribution is -2.24. The number of aromatic nitrogens is 3. The molecule has 0 radical (unpaired) electrons. The number of pyridine rings is 1. The van der Waals surface area contributed by atoms with Crippen LogP contribution in [0.15, 0.2) is 61.2 Å². The molecule has 5 heteroatoms. The third kappa shape index (κ3) is 4.00. The summed E-state index contributed by atoms with van der Waals surface area (Å²) in [4.78, 5) is 8.29. The molecule has 0 saturated heterocycles. The van der Waals surface area contributed by atoms with E-state index < -0.39 is 0 Å². The summed E-state index contributed by atoms with van der Waals surface area (Å²) in [5.74, 6) is 1.79. The fourth-order valence-corrected chi connectivity index (χ4v) is 2.57. The van der Waals surface area contributed by atoms with Gasteiger partial charge in [0.1, 0.15) is 18.2 Å². The zero-order valence-electron chi connectivity index (χ0n) is 14.0. The summed E-state index contributed by atoms with van der Waals surface area (Å²) >= 11 is 0. The lowest BCUT2D eigenvalue weighted by Gasteiger charge is -2.15. The highest BCUT2D eigenvalue weighted by atomic mass is 16.5. The molecule has 0 aliphatic heterocycles. The van der Waals surface area contributed by atoms with E-state index in [9.17, 15) is 0 Å². The number of nitrogens with one attached hydrogen (secondary N) is 1. The number of imidazole rings is 1. The average Bonchev–Trinajstić information content (AvgIpc) is 3.05. The molecule has 0 fully saturated rings. The molecule has 1 atom stereocenters. The van der Waals surface area contributed by atoms with Crippen molar-refractivity contribution in [3.8, 4) is 11.4 Å². The number of aryl methyl sites for hydroxylation is 1. The Morgan fingerprint density at radius 2 is 2.00 bits per heavy atom. The molecule has 3 rings (SSSR count). The van der Waals surface area contributed by atoms with E-state index in [1.54, 1.807) is 12.4 Å². The average molecular weight is 322 g/mol. The standard InChI is InChI=1S/C19H22N4O/c1-15(21-11-13-24-19-4-3-9-20-14-19)17-5-7-18(8-6-17)23-12-10-22-16(23)2/h3-10,12,14-15,21H,11,13H2,1-2H3/t15-/m0/s1. The molecule has 5 nitrogen and oxygen atoms in total. The number of hydrogen-bond acceptors (Lipinski definition) is 4. The third-order valence-corrected chi connectivity index (χ3v) is 3.95. The van der Waals surface area contributed by atoms with E-state index in [1.807, 2.05) is 31.5 Å². The van der Waals surface area contributed by atoms with Gasteiger partial charge < -0.3 is 14.6 Å². The second kappa shape index (κ2) is 7.75. The van der Waals surface area contributed by atoms with Crippen molar-refractivity contribution in [3.63, 3.8) is 0 Å². The van der Waals surface area contributed by atoms with Gasteiger partial charge in [-0.2, -0.15) is 0 Å². The molecule has 24 heavy (non-hydrogen) atoms. The summed E-state index contributed by atoms with van der Waals surface area (Å²) in [5.41, 5.74) is 2.37. The van der Waals surface area contributed by atoms with Crippen molar-refractivity contribution in [3.05, 3.63) is 72.6 Å². The smallest absolute Gasteiger partial charge is 0.137 e. The normalized spacial score (nSPS) is 12.1. The van der Waals surface area contributed by atoms with Crippen molar-refractivity contribution in [2.75, 3.05) is 13.2 Å². The first kappa shape index (κ1) is 16.2. The lowest BCUT2D eigenvalue weighted by atomic mass is 10.1. The van der Waals surface area contributed by atoms with E-state index in [2.05, 4.69) is 51.0 Å². The quantitative estimate of drug-likeness (QED) is 0.678. The molecule has 1 aromatic carbocycles. The van der Waals surface area contributed by atoms with Crippen molar-refractivity contribution in [2.45, 2.75) is 19.9 Å². The Labute approximate surface area is 142 Å². The van der Waals surface area contributed by atoms with Crippen molar-refractivity contribution in [1.82, 2.24) is 19.9 Å². The zero-order chi connectivity index (χ0) is 16.8. The Hall–Kier alpha value is -2.66. The van der Waals surface area contributed by atoms with Gasteiger partial charge in [0.2, 0.25) is 0 Å². The zero-order valence-corrected chi connectivity index (χ0v) is 14.0. The van der Waals surface area contributed by atoms with Crippen molar-refractivity contribution in [1.29, 1.82) is 0 Å². The molecule has 0 unspecified atom stereocenters. The molecule has 2 heterocycles. The van der Waals surface area contributed by atoms with Crippen LogP contribution in [-0.4, -0.2) is 27.7 Å². The van der Waals surface area contributed by atoms with E-state index >= 15 is 0 Å². The van der Waals surface area contributed by atoms with E-state index in [4.69, 9.17) is 4.74 Å². The molecule has 2 aromatic heterocycles. The largest absolute Gasteiger partial charge is 0.491 e. The van der Waals surface area contributed by atoms with Gasteiger partial charge >= 0.3 is 0 Å². The highest BCUT2D eigenvalue weighted by Crippen LogP contribution is 2.16. The van der Waals surface area contributed by atoms with Gasteiger partial charge in [-0.25, -0.2) is 4.98 Å². The van der Waals surface area contributed by atoms with Crippen LogP contribution in [0.2, 0.25) is 0 Å². The highest BCUT2D eigenvalue weighted by molar-refractivity contribution is 5.36. The molecular formula is C19H22N4O. The monoisotopic (exact) mass is 322 g/mol. The van der Waals surface area contributed by atoms with Crippen molar-refractivity contribution >= 4 is 0 Å². The maximum absolute atomic E-state index is 5.64. The van der Waals surface area contributed by atoms with Crippen molar-refractivity contribution in [2.24, 2.45) is 0 Å². The number of hydrogen-bond donors (Lipinski definition) is 1. The van der Waals surface area contributed by atoms with Gasteiger partial charge in [-0.1, -0.05) is 12.1 Å². The summed E-state index contributed by atoms with van der Waals surface area (Å²) in [7, 11) is 0. The Bertz CT molecular complexity index is 753. The van der Waals surface area contributed by atoms with Gasteiger partial charge in [0.25, 0.3) is 0 Å². The van der Waals surface area contributed by atoms with Gasteiger partial charge in [-0.15, -0.1) is 0 Å². The number of nitrogens with zero attached hydrogens (tertiary/aromatic N) is 3. The van der Waals surface area contributed by atoms with E-state index in [0.29, 0.717) is 6.61 Å². The lowest BCUT2D eigenvalue weighted by molar-refractivity contribution is 0.306. The van der Waals surface area contributed by atoms with Gasteiger partial charge in [-0.3, -0.25) is 4.98 Å². The maximum Gasteiger partial charge on any atom is 0.137 e. The molecular weight excluding hydrogens is 300 g/mol. The molecule has 0 aliphatic rings. The van der Waals surface area contributed by atoms with Crippen LogP contribution >= 0.6 is 0 Å². The summed E-state index contributed by atoms with van der Waals surface area (Å²) in [6.45, 7) is 5.54. The van der Waals surface area contributed by atoms with Crippen LogP contribution < -0.4 is 10.1 Å². The Kier molecular flexibility index (Phi) is 5.23. The van der Waals surface area contributed by atoms with Crippen LogP contribution in [0.3, 0.4) is 0 Å². The fourth-order valence-electron chi connectivity index (χ4n) is 2.57. The first-order valence-electron chi connectivity index (χ1n) is 8.10. The second-order valence-electron chi connectivity index (χ2n) is 5.65. The number of ether oxygens (including phenoxy) is 1. The summed E-state index contributed by atoms with van der Waals surface area (Å²) in [6, 6.07) is 12.6. The fraction of sp³-hybridized carbons (Fsp3) is 0.263. The molecule has 3 aromatic rings. The Morgan fingerprint density at radius 3 is 2.67 bits per heavy atom. The summed E-state index contributed by atoms with van der Waals surface area (Å²) in [5, 5.41) is 3.47. The first-order valence-corrected chi connectivity index (χ1v) is 8.10. The minimum atomic E-state index is 0.264. The van der Waals surface area contributed by atoms with E-state index in [-0.39, 0.29) is 6.04 Å². The van der Waals surface area contributed by atoms with E-state index in [1.165, 1.54) is 5.56 Å². The maximum atomic E-state index is 5.64. The molecule has 0 spiro atoms. The topological polar surface area (TPSA) is 52.0 Å². The second-order valence-corrected chi connectivity index (χ2v) is 5.65. The molecule has 1 N–H and O–H groups in total. The van der Waals surface area contributed by atoms with Crippen LogP contribution in [0.25, 0.3) is 5.69 Å². The van der Waals surface area contributed by atoms with E-state index in [0.717, 1.165) is 23.8 Å². The minimum Gasteiger partial charge on any atom is -0.491 e. The molecule has 124 valence electrons. The number of rotatable bonds is 7. The molecule has 0 amide bonds. The van der Waals surface area contributed by atoms with Gasteiger partial charge in [0, 0.05) is 36.9 Å². The predicted molar refractivity (Wildman–Crippen MR) is 94.5 cm³/mol. The highest BCUT2D eigenvalue weighted by Gasteiger charge is 2.06. The van der Waals surface area contributed by atoms with Crippen LogP contribution in [0.4, 0.5) is 0 Å². The van der Waals surface area contributed by atoms with Gasteiger partial charge in [-0.05, 0) is 43.7 Å². The van der Waals surface area contributed by atoms with Crippen LogP contribution in [0, 0.1) is 6.92 Å². The minimum absolute atomic E-state index is 0.264. The molecule has 0 bridgehead atoms. The summed E-state index contributed by atoms with van der Waals surface area (Å²) < 4.78 is 7.71. The predicted octanol–water partition coefficient (Wildman–Crippen LogP) is 3.31. The van der Waals surface area contributed by atoms with Crippen molar-refractivity contribution < 1.29 is 4.74 Å². The van der Waals surface area contributed by atoms with Gasteiger partial charge in [0.15, 0.2) is 0 Å². The Balaban J connectivity index is 1.50. The van der Waals surface area contributed by atoms with Gasteiger partial charge in [0.05, 0.1) is 6.20 Å². The first-order chi connectivity index (χ1) is 11.7. The Morgan fingerprint density at radius 1 is 1.17 bits per heavy atom. The SMILES string of the molecule is Cc1nccn1-c1ccc([C@H](C)NCCOc2cccnc2)cc1. The van der Waals surface area contributed by atoms with Crippen LogP contribution in [0.5, 0.6) is 5.75 Å². The molecule has 0 saturated carbocycles. The number of benzene rings is 1. The summed E-state index contributed by atoms with van der Waals surface area (Å²) in [6.07, 6.45) is 7.25. The van der Waals surface area contributed by atoms with Crippen LogP contribution in [-0.2, 0) is 0 Å². The molecule has 0 aliphatic carbocycles.